The van der Waals surface area contributed by atoms with E-state index in [2.05, 4.69) is 59.9 Å². The molecule has 38 heavy (non-hydrogen) atoms. The highest BCUT2D eigenvalue weighted by molar-refractivity contribution is 6.11. The first kappa shape index (κ1) is 24.7. The van der Waals surface area contributed by atoms with Crippen molar-refractivity contribution in [3.05, 3.63) is 77.7 Å². The van der Waals surface area contributed by atoms with Gasteiger partial charge in [-0.2, -0.15) is 5.10 Å². The summed E-state index contributed by atoms with van der Waals surface area (Å²) in [5.74, 6) is -0.218. The molecule has 8 nitrogen and oxygen atoms in total. The van der Waals surface area contributed by atoms with Gasteiger partial charge in [0.25, 0.3) is 5.91 Å². The fraction of sp³-hybridized carbons (Fsp3) is 0.367. The summed E-state index contributed by atoms with van der Waals surface area (Å²) in [5, 5.41) is 14.6. The van der Waals surface area contributed by atoms with Gasteiger partial charge in [0, 0.05) is 68.3 Å². The Morgan fingerprint density at radius 1 is 0.842 bits per heavy atom. The van der Waals surface area contributed by atoms with E-state index in [1.807, 2.05) is 36.7 Å². The topological polar surface area (TPSA) is 89.2 Å². The number of carbonyl (C=O) groups excluding carboxylic acids is 1. The molecule has 0 bridgehead atoms. The van der Waals surface area contributed by atoms with Crippen LogP contribution in [0.1, 0.15) is 40.9 Å². The van der Waals surface area contributed by atoms with E-state index in [0.29, 0.717) is 5.69 Å². The van der Waals surface area contributed by atoms with Crippen molar-refractivity contribution in [3.63, 3.8) is 0 Å². The van der Waals surface area contributed by atoms with Crippen molar-refractivity contribution < 1.29 is 4.79 Å². The summed E-state index contributed by atoms with van der Waals surface area (Å²) in [5.41, 5.74) is 6.50. The molecular weight excluding hydrogens is 474 g/mol. The number of nitrogens with zero attached hydrogens (tertiary/aromatic N) is 4. The van der Waals surface area contributed by atoms with Crippen LogP contribution in [0.5, 0.6) is 0 Å². The van der Waals surface area contributed by atoms with E-state index >= 15 is 0 Å². The number of benzene rings is 2. The lowest BCUT2D eigenvalue weighted by atomic mass is 10.0. The maximum Gasteiger partial charge on any atom is 0.276 e. The molecule has 6 rings (SSSR count). The molecule has 196 valence electrons. The maximum atomic E-state index is 13.3. The summed E-state index contributed by atoms with van der Waals surface area (Å²) in [6.45, 7) is 8.22. The van der Waals surface area contributed by atoms with Crippen LogP contribution in [0.4, 0.5) is 5.69 Å². The van der Waals surface area contributed by atoms with E-state index in [9.17, 15) is 4.79 Å². The van der Waals surface area contributed by atoms with Crippen molar-refractivity contribution in [2.24, 2.45) is 0 Å². The maximum absolute atomic E-state index is 13.3. The third-order valence-electron chi connectivity index (χ3n) is 7.56. The molecule has 3 N–H and O–H groups in total. The molecule has 2 saturated heterocycles. The number of piperazine rings is 1. The summed E-state index contributed by atoms with van der Waals surface area (Å²) in [4.78, 5) is 22.7. The standard InChI is InChI=1S/C30H35N7O/c38-30(33-26-6-4-5-22(16-26)20-37-13-9-31-10-14-37)29-27-17-24(7-8-28(27)34-35-29)25-15-23(18-32-19-25)21-36-11-2-1-3-12-36/h4-8,15-19,31H,1-3,9-14,20-21H2,(H,33,38)(H,34,35). The Morgan fingerprint density at radius 3 is 2.53 bits per heavy atom. The van der Waals surface area contributed by atoms with Gasteiger partial charge in [-0.05, 0) is 73.0 Å². The Labute approximate surface area is 223 Å². The number of carbonyl (C=O) groups is 1. The fourth-order valence-electron chi connectivity index (χ4n) is 5.54. The molecule has 0 saturated carbocycles. The lowest BCUT2D eigenvalue weighted by Gasteiger charge is -2.27. The number of rotatable bonds is 7. The second-order valence-electron chi connectivity index (χ2n) is 10.4. The lowest BCUT2D eigenvalue weighted by Crippen LogP contribution is -2.42. The highest BCUT2D eigenvalue weighted by Gasteiger charge is 2.17. The van der Waals surface area contributed by atoms with Gasteiger partial charge in [-0.1, -0.05) is 24.6 Å². The van der Waals surface area contributed by atoms with Gasteiger partial charge in [-0.25, -0.2) is 0 Å². The summed E-state index contributed by atoms with van der Waals surface area (Å²) < 4.78 is 0. The first-order valence-corrected chi connectivity index (χ1v) is 13.7. The summed E-state index contributed by atoms with van der Waals surface area (Å²) in [6.07, 6.45) is 7.73. The zero-order valence-electron chi connectivity index (χ0n) is 21.7. The van der Waals surface area contributed by atoms with Crippen LogP contribution in [0.2, 0.25) is 0 Å². The lowest BCUT2D eigenvalue weighted by molar-refractivity contribution is 0.102. The number of hydrogen-bond donors (Lipinski definition) is 3. The molecule has 0 radical (unpaired) electrons. The number of aromatic nitrogens is 3. The monoisotopic (exact) mass is 509 g/mol. The zero-order valence-corrected chi connectivity index (χ0v) is 21.7. The Balaban J connectivity index is 1.19. The highest BCUT2D eigenvalue weighted by atomic mass is 16.1. The number of fused-ring (bicyclic) bond motifs is 1. The number of likely N-dealkylation sites (tertiary alicyclic amines) is 1. The molecule has 2 fully saturated rings. The summed E-state index contributed by atoms with van der Waals surface area (Å²) in [6, 6.07) is 16.4. The molecule has 0 unspecified atom stereocenters. The number of anilines is 1. The number of amides is 1. The molecule has 0 aliphatic carbocycles. The van der Waals surface area contributed by atoms with Crippen molar-refractivity contribution in [2.45, 2.75) is 32.4 Å². The molecule has 2 aromatic heterocycles. The van der Waals surface area contributed by atoms with Crippen molar-refractivity contribution in [3.8, 4) is 11.1 Å². The number of aromatic amines is 1. The summed E-state index contributed by atoms with van der Waals surface area (Å²) >= 11 is 0. The smallest absolute Gasteiger partial charge is 0.276 e. The van der Waals surface area contributed by atoms with Crippen LogP contribution in [-0.4, -0.2) is 70.2 Å². The average molecular weight is 510 g/mol. The molecule has 8 heteroatoms. The van der Waals surface area contributed by atoms with Crippen molar-refractivity contribution in [1.82, 2.24) is 30.3 Å². The van der Waals surface area contributed by atoms with Gasteiger partial charge < -0.3 is 10.6 Å². The van der Waals surface area contributed by atoms with Gasteiger partial charge in [0.05, 0.1) is 5.52 Å². The largest absolute Gasteiger partial charge is 0.321 e. The van der Waals surface area contributed by atoms with Crippen molar-refractivity contribution >= 4 is 22.5 Å². The number of nitrogens with one attached hydrogen (secondary N) is 3. The van der Waals surface area contributed by atoms with Gasteiger partial charge in [0.15, 0.2) is 5.69 Å². The van der Waals surface area contributed by atoms with Crippen LogP contribution in [0.3, 0.4) is 0 Å². The van der Waals surface area contributed by atoms with E-state index in [0.717, 1.165) is 80.1 Å². The van der Waals surface area contributed by atoms with E-state index < -0.39 is 0 Å². The van der Waals surface area contributed by atoms with Gasteiger partial charge in [-0.15, -0.1) is 0 Å². The number of piperidine rings is 1. The second kappa shape index (κ2) is 11.4. The Hall–Kier alpha value is -3.59. The number of H-pyrrole nitrogens is 1. The normalized spacial score (nSPS) is 17.1. The Kier molecular flexibility index (Phi) is 7.44. The van der Waals surface area contributed by atoms with Crippen LogP contribution < -0.4 is 10.6 Å². The number of pyridine rings is 1. The van der Waals surface area contributed by atoms with E-state index in [-0.39, 0.29) is 5.91 Å². The van der Waals surface area contributed by atoms with Crippen LogP contribution in [0, 0.1) is 0 Å². The van der Waals surface area contributed by atoms with E-state index in [1.165, 1.54) is 30.4 Å². The van der Waals surface area contributed by atoms with Crippen LogP contribution in [0.15, 0.2) is 60.9 Å². The minimum absolute atomic E-state index is 0.218. The third-order valence-corrected chi connectivity index (χ3v) is 7.56. The van der Waals surface area contributed by atoms with Crippen LogP contribution in [0.25, 0.3) is 22.0 Å². The van der Waals surface area contributed by atoms with Gasteiger partial charge in [0.2, 0.25) is 0 Å². The van der Waals surface area contributed by atoms with Crippen LogP contribution in [-0.2, 0) is 13.1 Å². The molecule has 4 heterocycles. The van der Waals surface area contributed by atoms with Crippen molar-refractivity contribution in [1.29, 1.82) is 0 Å². The molecule has 2 aromatic carbocycles. The predicted molar refractivity (Wildman–Crippen MR) is 151 cm³/mol. The first-order valence-electron chi connectivity index (χ1n) is 13.7. The van der Waals surface area contributed by atoms with Crippen LogP contribution >= 0.6 is 0 Å². The van der Waals surface area contributed by atoms with Gasteiger partial charge in [0.1, 0.15) is 0 Å². The number of hydrogen-bond acceptors (Lipinski definition) is 6. The molecule has 2 aliphatic rings. The SMILES string of the molecule is O=C(Nc1cccc(CN2CCNCC2)c1)c1n[nH]c2ccc(-c3cncc(CN4CCCCC4)c3)cc12. The summed E-state index contributed by atoms with van der Waals surface area (Å²) in [7, 11) is 0. The molecule has 1 amide bonds. The first-order chi connectivity index (χ1) is 18.7. The predicted octanol–water partition coefficient (Wildman–Crippen LogP) is 4.27. The molecule has 0 atom stereocenters. The Morgan fingerprint density at radius 2 is 1.66 bits per heavy atom. The third kappa shape index (κ3) is 5.78. The van der Waals surface area contributed by atoms with E-state index in [1.54, 1.807) is 0 Å². The Bertz CT molecular complexity index is 1400. The minimum atomic E-state index is -0.218. The van der Waals surface area contributed by atoms with Crippen molar-refractivity contribution in [2.75, 3.05) is 44.6 Å². The zero-order chi connectivity index (χ0) is 25.7. The molecule has 2 aliphatic heterocycles. The fourth-order valence-corrected chi connectivity index (χ4v) is 5.54. The minimum Gasteiger partial charge on any atom is -0.321 e. The molecule has 0 spiro atoms. The van der Waals surface area contributed by atoms with Gasteiger partial charge in [-0.3, -0.25) is 24.7 Å². The second-order valence-corrected chi connectivity index (χ2v) is 10.4. The van der Waals surface area contributed by atoms with E-state index in [4.69, 9.17) is 0 Å². The van der Waals surface area contributed by atoms with Gasteiger partial charge >= 0.3 is 0 Å². The molecular formula is C30H35N7O. The quantitative estimate of drug-likeness (QED) is 0.345. The highest BCUT2D eigenvalue weighted by Crippen LogP contribution is 2.27. The average Bonchev–Trinajstić information content (AvgIpc) is 3.38. The molecule has 4 aromatic rings.